The van der Waals surface area contributed by atoms with Crippen molar-refractivity contribution in [3.8, 4) is 0 Å². The third-order valence-corrected chi connectivity index (χ3v) is 2.46. The fourth-order valence-corrected chi connectivity index (χ4v) is 1.65. The van der Waals surface area contributed by atoms with Crippen molar-refractivity contribution < 1.29 is 77.5 Å². The second-order valence-corrected chi connectivity index (χ2v) is 4.63. The minimum Gasteiger partial charge on any atom is -0.565 e. The Bertz CT molecular complexity index is 140. The van der Waals surface area contributed by atoms with E-state index in [1.54, 1.807) is 0 Å². The van der Waals surface area contributed by atoms with Gasteiger partial charge < -0.3 is 47.9 Å². The van der Waals surface area contributed by atoms with Gasteiger partial charge >= 0.3 is 47.7 Å². The standard InChI is InChI=1S/CH2O3.Na.H6O7Si2/c2-1(3)4;;1-8(2,3)7-9(4,5)6/h(H2,2,3,4);;1-6H/q;+1;/p-1. The van der Waals surface area contributed by atoms with E-state index in [1.807, 2.05) is 0 Å². The van der Waals surface area contributed by atoms with Crippen molar-refractivity contribution in [3.05, 3.63) is 0 Å². The van der Waals surface area contributed by atoms with Gasteiger partial charge in [-0.1, -0.05) is 0 Å². The Morgan fingerprint density at radius 3 is 1.14 bits per heavy atom. The molecule has 0 atom stereocenters. The second kappa shape index (κ2) is 7.68. The molecule has 0 aromatic carbocycles. The monoisotopic (exact) mass is 258 g/mol. The third-order valence-electron chi connectivity index (χ3n) is 0.274. The predicted molar refractivity (Wildman–Crippen MR) is 33.9 cm³/mol. The van der Waals surface area contributed by atoms with Crippen LogP contribution >= 0.6 is 0 Å². The molecular formula is CH7NaO10Si2. The fourth-order valence-electron chi connectivity index (χ4n) is 0.184. The predicted octanol–water partition coefficient (Wildman–Crippen LogP) is -8.28. The molecule has 80 valence electrons. The van der Waals surface area contributed by atoms with Crippen LogP contribution in [-0.4, -0.2) is 58.1 Å². The van der Waals surface area contributed by atoms with Crippen molar-refractivity contribution in [3.63, 3.8) is 0 Å². The Hall–Kier alpha value is 0.424. The zero-order valence-corrected chi connectivity index (χ0v) is 10.9. The van der Waals surface area contributed by atoms with Gasteiger partial charge in [0.1, 0.15) is 0 Å². The Morgan fingerprint density at radius 1 is 1.00 bits per heavy atom. The molecule has 0 aliphatic rings. The van der Waals surface area contributed by atoms with Gasteiger partial charge in [0.2, 0.25) is 6.16 Å². The van der Waals surface area contributed by atoms with Crippen molar-refractivity contribution in [1.82, 2.24) is 0 Å². The summed E-state index contributed by atoms with van der Waals surface area (Å²) >= 11 is 0. The molecule has 0 aromatic rings. The smallest absolute Gasteiger partial charge is 0.565 e. The molecule has 0 unspecified atom stereocenters. The van der Waals surface area contributed by atoms with E-state index < -0.39 is 24.3 Å². The van der Waals surface area contributed by atoms with Crippen LogP contribution in [0.4, 0.5) is 4.79 Å². The normalized spacial score (nSPS) is 10.7. The molecule has 0 aromatic heterocycles. The minimum absolute atomic E-state index is 0. The van der Waals surface area contributed by atoms with Gasteiger partial charge in [0.05, 0.1) is 0 Å². The first-order chi connectivity index (χ1) is 5.44. The summed E-state index contributed by atoms with van der Waals surface area (Å²) in [7, 11) is -9.96. The van der Waals surface area contributed by atoms with Gasteiger partial charge in [-0.15, -0.1) is 0 Å². The number of carboxylic acid groups (broad SMARTS) is 2. The van der Waals surface area contributed by atoms with Crippen LogP contribution in [0.3, 0.4) is 0 Å². The van der Waals surface area contributed by atoms with Crippen molar-refractivity contribution in [1.29, 1.82) is 0 Å². The summed E-state index contributed by atoms with van der Waals surface area (Å²) in [6.07, 6.45) is -2.08. The average Bonchev–Trinajstić information content (AvgIpc) is 1.47. The van der Waals surface area contributed by atoms with E-state index >= 15 is 0 Å². The molecule has 14 heavy (non-hydrogen) atoms. The maximum Gasteiger partial charge on any atom is 1.00 e. The summed E-state index contributed by atoms with van der Waals surface area (Å²) in [5, 5.41) is 15.3. The van der Waals surface area contributed by atoms with E-state index in [0.717, 1.165) is 0 Å². The molecule has 0 bridgehead atoms. The fraction of sp³-hybridized carbons (Fsp3) is 0. The van der Waals surface area contributed by atoms with E-state index in [-0.39, 0.29) is 29.6 Å². The summed E-state index contributed by atoms with van der Waals surface area (Å²) in [5.41, 5.74) is 0. The van der Waals surface area contributed by atoms with Crippen LogP contribution in [0.5, 0.6) is 0 Å². The summed E-state index contributed by atoms with van der Waals surface area (Å²) in [6, 6.07) is 0. The van der Waals surface area contributed by atoms with Crippen molar-refractivity contribution in [2.75, 3.05) is 0 Å². The molecule has 13 heteroatoms. The van der Waals surface area contributed by atoms with Crippen LogP contribution < -0.4 is 34.7 Å². The van der Waals surface area contributed by atoms with Gasteiger partial charge in [0.25, 0.3) is 0 Å². The molecule has 0 saturated heterocycles. The van der Waals surface area contributed by atoms with Gasteiger partial charge in [-0.2, -0.15) is 0 Å². The van der Waals surface area contributed by atoms with E-state index in [2.05, 4.69) is 4.12 Å². The zero-order chi connectivity index (χ0) is 11.3. The van der Waals surface area contributed by atoms with Gasteiger partial charge in [0, 0.05) is 0 Å². The Morgan fingerprint density at radius 2 is 1.14 bits per heavy atom. The quantitative estimate of drug-likeness (QED) is 0.234. The minimum atomic E-state index is -4.98. The second-order valence-electron chi connectivity index (χ2n) is 1.52. The van der Waals surface area contributed by atoms with Gasteiger partial charge in [-0.25, -0.2) is 0 Å². The first-order valence-electron chi connectivity index (χ1n) is 2.38. The molecular weight excluding hydrogens is 251 g/mol. The summed E-state index contributed by atoms with van der Waals surface area (Å²) in [6.45, 7) is 0. The maximum atomic E-state index is 8.44. The van der Waals surface area contributed by atoms with Crippen molar-refractivity contribution in [2.45, 2.75) is 0 Å². The van der Waals surface area contributed by atoms with E-state index in [4.69, 9.17) is 43.8 Å². The summed E-state index contributed by atoms with van der Waals surface area (Å²) in [4.78, 5) is 56.1. The first-order valence-corrected chi connectivity index (χ1v) is 5.88. The van der Waals surface area contributed by atoms with Crippen LogP contribution in [0.2, 0.25) is 0 Å². The van der Waals surface area contributed by atoms with Gasteiger partial charge in [-0.05, 0) is 0 Å². The Labute approximate surface area is 102 Å². The Kier molecular flexibility index (Phi) is 10.9. The SMILES string of the molecule is O=C([O-])O.O[Si](O)(O)O[Si](O)(O)O.[Na+]. The molecule has 0 amide bonds. The van der Waals surface area contributed by atoms with Crippen LogP contribution in [0.1, 0.15) is 0 Å². The molecule has 0 rings (SSSR count). The molecule has 7 N–H and O–H groups in total. The zero-order valence-electron chi connectivity index (χ0n) is 6.86. The van der Waals surface area contributed by atoms with Crippen LogP contribution in [0.15, 0.2) is 0 Å². The largest absolute Gasteiger partial charge is 1.00 e. The average molecular weight is 258 g/mol. The first kappa shape index (κ1) is 19.9. The van der Waals surface area contributed by atoms with Gasteiger partial charge in [-0.3, -0.25) is 0 Å². The molecule has 10 nitrogen and oxygen atoms in total. The van der Waals surface area contributed by atoms with Gasteiger partial charge in [0.15, 0.2) is 0 Å². The molecule has 0 fully saturated rings. The van der Waals surface area contributed by atoms with Crippen molar-refractivity contribution in [2.24, 2.45) is 0 Å². The van der Waals surface area contributed by atoms with E-state index in [1.165, 1.54) is 0 Å². The summed E-state index contributed by atoms with van der Waals surface area (Å²) < 4.78 is 3.24. The maximum absolute atomic E-state index is 8.44. The molecule has 0 radical (unpaired) electrons. The molecule has 0 aliphatic carbocycles. The van der Waals surface area contributed by atoms with Crippen molar-refractivity contribution >= 4 is 24.3 Å². The van der Waals surface area contributed by atoms with Crippen LogP contribution in [0, 0.1) is 0 Å². The molecule has 0 aliphatic heterocycles. The van der Waals surface area contributed by atoms with E-state index in [9.17, 15) is 0 Å². The molecule has 0 heterocycles. The number of carbonyl (C=O) groups is 1. The number of hydrogen-bond donors (Lipinski definition) is 7. The Balaban J connectivity index is -0.000000209. The molecule has 0 spiro atoms. The number of rotatable bonds is 2. The topological polar surface area (TPSA) is 191 Å². The molecule has 0 saturated carbocycles. The number of hydrogen-bond acceptors (Lipinski definition) is 9. The van der Waals surface area contributed by atoms with Crippen LogP contribution in [-0.2, 0) is 4.12 Å². The summed E-state index contributed by atoms with van der Waals surface area (Å²) in [5.74, 6) is 0. The third kappa shape index (κ3) is 39.3. The van der Waals surface area contributed by atoms with E-state index in [0.29, 0.717) is 0 Å². The van der Waals surface area contributed by atoms with Crippen LogP contribution in [0.25, 0.3) is 0 Å².